The summed E-state index contributed by atoms with van der Waals surface area (Å²) in [5, 5.41) is 6.33. The molecule has 0 spiro atoms. The van der Waals surface area contributed by atoms with Gasteiger partial charge in [-0.2, -0.15) is 0 Å². The normalized spacial score (nSPS) is 21.4. The van der Waals surface area contributed by atoms with E-state index in [-0.39, 0.29) is 25.3 Å². The molecule has 1 saturated heterocycles. The molecule has 2 N–H and O–H groups in total. The molecule has 1 saturated carbocycles. The number of fused-ring (bicyclic) bond motifs is 1. The molecule has 2 aromatic carbocycles. The van der Waals surface area contributed by atoms with Crippen LogP contribution in [0.15, 0.2) is 79.9 Å². The molecule has 5 rings (SSSR count). The Balaban J connectivity index is 1.49. The van der Waals surface area contributed by atoms with Gasteiger partial charge in [-0.25, -0.2) is 14.6 Å². The molecule has 12 heteroatoms. The average Bonchev–Trinajstić information content (AvgIpc) is 3.68. The Kier molecular flexibility index (Phi) is 11.6. The molecule has 276 valence electrons. The van der Waals surface area contributed by atoms with Gasteiger partial charge in [-0.05, 0) is 58.6 Å². The van der Waals surface area contributed by atoms with Crippen LogP contribution in [0.25, 0.3) is 22.2 Å². The second-order valence-electron chi connectivity index (χ2n) is 14.2. The third-order valence-electron chi connectivity index (χ3n) is 9.28. The number of carbonyl (C=O) groups is 4. The van der Waals surface area contributed by atoms with Gasteiger partial charge in [0.15, 0.2) is 0 Å². The van der Waals surface area contributed by atoms with Gasteiger partial charge in [0.2, 0.25) is 11.8 Å². The molecule has 1 aliphatic carbocycles. The Hall–Kier alpha value is -5.39. The number of allylic oxidation sites excluding steroid dienone is 1. The molecule has 0 unspecified atom stereocenters. The smallest absolute Gasteiger partial charge is 0.408 e. The fraction of sp³-hybridized carbons (Fsp3) is 0.425. The number of benzene rings is 2. The van der Waals surface area contributed by atoms with E-state index in [9.17, 15) is 19.2 Å². The van der Waals surface area contributed by atoms with Crippen LogP contribution in [0.4, 0.5) is 4.79 Å². The van der Waals surface area contributed by atoms with Gasteiger partial charge in [0.25, 0.3) is 0 Å². The van der Waals surface area contributed by atoms with Crippen LogP contribution < -0.4 is 20.1 Å². The summed E-state index contributed by atoms with van der Waals surface area (Å²) >= 11 is 0. The lowest BCUT2D eigenvalue weighted by Gasteiger charge is -2.30. The molecule has 1 aromatic heterocycles. The van der Waals surface area contributed by atoms with E-state index in [2.05, 4.69) is 23.8 Å². The number of rotatable bonds is 14. The Bertz CT molecular complexity index is 1820. The molecule has 1 aliphatic heterocycles. The summed E-state index contributed by atoms with van der Waals surface area (Å²) in [6, 6.07) is 15.0. The molecule has 52 heavy (non-hydrogen) atoms. The minimum atomic E-state index is -1.27. The lowest BCUT2D eigenvalue weighted by atomic mass is 10.1. The highest BCUT2D eigenvalue weighted by atomic mass is 16.6. The number of alkyl carbamates (subject to hydrolysis) is 1. The standard InChI is InChI=1S/C40H48N4O8/c1-8-10-12-17-30(42-38(48)52-39(3,4)5)36(46)44-24-28(21-33(44)35(45)43-40(37(47)50-7)23-26(40)9-2)51-34-22-31(25-15-13-11-14-16-25)41-32-20-27(49-6)18-19-29(32)34/h8-9,11,13-16,18-20,22,26,28,30,33H,1-2,10,12,17,21,23-24H2,3-7H3,(H,42,48)(H,43,45)/t26-,28-,30+,33+,40-/m1/s1. The fourth-order valence-electron chi connectivity index (χ4n) is 6.57. The maximum absolute atomic E-state index is 14.4. The van der Waals surface area contributed by atoms with Gasteiger partial charge in [0.05, 0.1) is 32.0 Å². The fourth-order valence-corrected chi connectivity index (χ4v) is 6.57. The first-order valence-corrected chi connectivity index (χ1v) is 17.5. The first-order chi connectivity index (χ1) is 24.8. The number of methoxy groups -OCH3 is 2. The van der Waals surface area contributed by atoms with E-state index >= 15 is 0 Å². The summed E-state index contributed by atoms with van der Waals surface area (Å²) in [6.07, 6.45) is 3.84. The molecule has 2 aliphatic rings. The number of carbonyl (C=O) groups excluding carboxylic acids is 4. The van der Waals surface area contributed by atoms with E-state index in [1.54, 1.807) is 40.0 Å². The predicted molar refractivity (Wildman–Crippen MR) is 197 cm³/mol. The molecule has 2 fully saturated rings. The van der Waals surface area contributed by atoms with Gasteiger partial charge in [-0.3, -0.25) is 9.59 Å². The molecular formula is C40H48N4O8. The highest BCUT2D eigenvalue weighted by Gasteiger charge is 2.62. The number of unbranched alkanes of at least 4 members (excludes halogenated alkanes) is 1. The summed E-state index contributed by atoms with van der Waals surface area (Å²) in [6.45, 7) is 12.8. The number of hydrogen-bond acceptors (Lipinski definition) is 9. The quantitative estimate of drug-likeness (QED) is 0.121. The Labute approximate surface area is 304 Å². The third kappa shape index (κ3) is 8.55. The predicted octanol–water partition coefficient (Wildman–Crippen LogP) is 5.74. The van der Waals surface area contributed by atoms with Crippen LogP contribution in [0.1, 0.15) is 52.9 Å². The zero-order valence-electron chi connectivity index (χ0n) is 30.5. The zero-order valence-corrected chi connectivity index (χ0v) is 30.5. The lowest BCUT2D eigenvalue weighted by molar-refractivity contribution is -0.148. The third-order valence-corrected chi connectivity index (χ3v) is 9.28. The zero-order chi connectivity index (χ0) is 37.6. The van der Waals surface area contributed by atoms with Crippen molar-refractivity contribution in [3.8, 4) is 22.8 Å². The van der Waals surface area contributed by atoms with Crippen molar-refractivity contribution < 1.29 is 38.1 Å². The van der Waals surface area contributed by atoms with Crippen LogP contribution in [0, 0.1) is 5.92 Å². The Morgan fingerprint density at radius 2 is 1.83 bits per heavy atom. The molecule has 5 atom stereocenters. The highest BCUT2D eigenvalue weighted by Crippen LogP contribution is 2.45. The number of ether oxygens (including phenoxy) is 4. The second-order valence-corrected chi connectivity index (χ2v) is 14.2. The first-order valence-electron chi connectivity index (χ1n) is 17.5. The van der Waals surface area contributed by atoms with Gasteiger partial charge in [0, 0.05) is 35.4 Å². The number of pyridine rings is 1. The lowest BCUT2D eigenvalue weighted by Crippen LogP contribution is -2.56. The average molecular weight is 713 g/mol. The SMILES string of the molecule is C=CCCC[C@H](NC(=O)OC(C)(C)C)C(=O)N1C[C@H](Oc2cc(-c3ccccc3)nc3cc(OC)ccc23)C[C@H]1C(=O)N[C@]1(C(=O)OC)C[C@H]1C=C. The van der Waals surface area contributed by atoms with E-state index in [4.69, 9.17) is 23.9 Å². The molecule has 3 aromatic rings. The molecular weight excluding hydrogens is 664 g/mol. The highest BCUT2D eigenvalue weighted by molar-refractivity contribution is 5.96. The van der Waals surface area contributed by atoms with Crippen molar-refractivity contribution in [3.05, 3.63) is 79.9 Å². The van der Waals surface area contributed by atoms with Crippen molar-refractivity contribution in [2.75, 3.05) is 20.8 Å². The van der Waals surface area contributed by atoms with Crippen molar-refractivity contribution in [1.82, 2.24) is 20.5 Å². The number of amides is 3. The first kappa shape index (κ1) is 37.9. The minimum absolute atomic E-state index is 0.0294. The van der Waals surface area contributed by atoms with Crippen molar-refractivity contribution in [2.45, 2.75) is 82.2 Å². The van der Waals surface area contributed by atoms with Crippen LogP contribution in [0.2, 0.25) is 0 Å². The summed E-state index contributed by atoms with van der Waals surface area (Å²) < 4.78 is 22.7. The number of nitrogens with zero attached hydrogens (tertiary/aromatic N) is 2. The van der Waals surface area contributed by atoms with Gasteiger partial charge < -0.3 is 34.5 Å². The maximum Gasteiger partial charge on any atom is 0.408 e. The van der Waals surface area contributed by atoms with E-state index in [0.717, 1.165) is 10.9 Å². The van der Waals surface area contributed by atoms with Crippen molar-refractivity contribution in [2.24, 2.45) is 5.92 Å². The van der Waals surface area contributed by atoms with Gasteiger partial charge in [0.1, 0.15) is 40.8 Å². The van der Waals surface area contributed by atoms with Crippen LogP contribution in [0.3, 0.4) is 0 Å². The van der Waals surface area contributed by atoms with E-state index in [1.807, 2.05) is 54.6 Å². The Morgan fingerprint density at radius 3 is 2.46 bits per heavy atom. The van der Waals surface area contributed by atoms with Crippen molar-refractivity contribution >= 4 is 34.8 Å². The molecule has 2 heterocycles. The second kappa shape index (κ2) is 15.9. The maximum atomic E-state index is 14.4. The van der Waals surface area contributed by atoms with Crippen LogP contribution in [-0.2, 0) is 23.9 Å². The molecule has 0 bridgehead atoms. The molecule has 12 nitrogen and oxygen atoms in total. The molecule has 3 amide bonds. The van der Waals surface area contributed by atoms with Crippen molar-refractivity contribution in [1.29, 1.82) is 0 Å². The number of nitrogens with one attached hydrogen (secondary N) is 2. The van der Waals surface area contributed by atoms with Gasteiger partial charge in [-0.1, -0.05) is 42.5 Å². The monoisotopic (exact) mass is 712 g/mol. The van der Waals surface area contributed by atoms with Crippen LogP contribution in [0.5, 0.6) is 11.5 Å². The largest absolute Gasteiger partial charge is 0.497 e. The minimum Gasteiger partial charge on any atom is -0.497 e. The number of hydrogen-bond donors (Lipinski definition) is 2. The summed E-state index contributed by atoms with van der Waals surface area (Å²) in [5.74, 6) is -0.777. The van der Waals surface area contributed by atoms with E-state index in [1.165, 1.54) is 12.0 Å². The van der Waals surface area contributed by atoms with Gasteiger partial charge >= 0.3 is 12.1 Å². The van der Waals surface area contributed by atoms with E-state index in [0.29, 0.717) is 42.0 Å². The summed E-state index contributed by atoms with van der Waals surface area (Å²) in [7, 11) is 2.85. The van der Waals surface area contributed by atoms with E-state index < -0.39 is 53.2 Å². The van der Waals surface area contributed by atoms with Crippen LogP contribution in [-0.4, -0.2) is 83.9 Å². The summed E-state index contributed by atoms with van der Waals surface area (Å²) in [4.78, 5) is 60.7. The summed E-state index contributed by atoms with van der Waals surface area (Å²) in [5.41, 5.74) is 0.124. The Morgan fingerprint density at radius 1 is 1.08 bits per heavy atom. The topological polar surface area (TPSA) is 145 Å². The number of aromatic nitrogens is 1. The van der Waals surface area contributed by atoms with Crippen molar-refractivity contribution in [3.63, 3.8) is 0 Å². The number of esters is 1. The van der Waals surface area contributed by atoms with Crippen LogP contribution >= 0.6 is 0 Å². The molecule has 0 radical (unpaired) electrons. The van der Waals surface area contributed by atoms with Gasteiger partial charge in [-0.15, -0.1) is 13.2 Å². The number of likely N-dealkylation sites (tertiary alicyclic amines) is 1.